The molecule has 0 unspecified atom stereocenters. The van der Waals surface area contributed by atoms with E-state index in [0.29, 0.717) is 59.7 Å². The van der Waals surface area contributed by atoms with Gasteiger partial charge in [0, 0.05) is 51.1 Å². The molecule has 5 rings (SSSR count). The van der Waals surface area contributed by atoms with Crippen LogP contribution in [0.25, 0.3) is 32.9 Å². The number of benzene rings is 1. The third-order valence-corrected chi connectivity index (χ3v) is 6.52. The summed E-state index contributed by atoms with van der Waals surface area (Å²) in [6.45, 7) is 1.90. The number of anilines is 2. The van der Waals surface area contributed by atoms with Gasteiger partial charge in [0.05, 0.1) is 45.3 Å². The Bertz CT molecular complexity index is 1480. The summed E-state index contributed by atoms with van der Waals surface area (Å²) in [5.74, 6) is 1.15. The fraction of sp³-hybridized carbons (Fsp3) is 0.261. The molecule has 0 radical (unpaired) electrons. The number of rotatable bonds is 9. The number of nitrogens with one attached hydrogen (secondary N) is 1. The van der Waals surface area contributed by atoms with E-state index in [4.69, 9.17) is 32.0 Å². The minimum Gasteiger partial charge on any atom is -0.383 e. The molecule has 0 aliphatic heterocycles. The SMILES string of the molecule is COCCn1ccc(NCCc2nc(-c3cc(Cl)c4ncsc4c3)c(-c3ccn(C)n3)nc2N)n1. The molecule has 12 heteroatoms. The van der Waals surface area contributed by atoms with E-state index in [2.05, 4.69) is 20.5 Å². The number of methoxy groups -OCH3 is 1. The number of hydrogen-bond acceptors (Lipinski definition) is 9. The zero-order valence-electron chi connectivity index (χ0n) is 19.3. The number of halogens is 1. The molecule has 1 aromatic carbocycles. The number of ether oxygens (including phenoxy) is 1. The third-order valence-electron chi connectivity index (χ3n) is 5.45. The van der Waals surface area contributed by atoms with Gasteiger partial charge in [-0.1, -0.05) is 11.6 Å². The van der Waals surface area contributed by atoms with E-state index >= 15 is 0 Å². The number of nitrogen functional groups attached to an aromatic ring is 1. The molecule has 180 valence electrons. The van der Waals surface area contributed by atoms with Crippen molar-refractivity contribution in [1.29, 1.82) is 0 Å². The van der Waals surface area contributed by atoms with Crippen LogP contribution in [0.5, 0.6) is 0 Å². The Hall–Kier alpha value is -3.54. The van der Waals surface area contributed by atoms with E-state index in [1.807, 2.05) is 48.4 Å². The van der Waals surface area contributed by atoms with Crippen LogP contribution in [0, 0.1) is 0 Å². The van der Waals surface area contributed by atoms with Crippen molar-refractivity contribution < 1.29 is 4.74 Å². The highest BCUT2D eigenvalue weighted by Crippen LogP contribution is 2.35. The van der Waals surface area contributed by atoms with Crippen LogP contribution in [-0.2, 0) is 24.8 Å². The van der Waals surface area contributed by atoms with Crippen LogP contribution in [-0.4, -0.2) is 54.8 Å². The van der Waals surface area contributed by atoms with Gasteiger partial charge in [0.1, 0.15) is 23.0 Å². The van der Waals surface area contributed by atoms with Gasteiger partial charge in [0.2, 0.25) is 0 Å². The topological polar surface area (TPSA) is 122 Å². The average molecular weight is 510 g/mol. The number of hydrogen-bond donors (Lipinski definition) is 2. The van der Waals surface area contributed by atoms with Crippen molar-refractivity contribution in [2.75, 3.05) is 31.3 Å². The first-order valence-electron chi connectivity index (χ1n) is 11.0. The Kier molecular flexibility index (Phi) is 6.62. The molecule has 0 atom stereocenters. The monoisotopic (exact) mass is 509 g/mol. The van der Waals surface area contributed by atoms with Gasteiger partial charge in [-0.3, -0.25) is 9.36 Å². The summed E-state index contributed by atoms with van der Waals surface area (Å²) < 4.78 is 9.63. The minimum atomic E-state index is 0.367. The molecule has 4 heterocycles. The highest BCUT2D eigenvalue weighted by molar-refractivity contribution is 7.16. The Morgan fingerprint density at radius 2 is 2.03 bits per heavy atom. The molecule has 0 amide bonds. The number of fused-ring (bicyclic) bond motifs is 1. The number of nitrogens with two attached hydrogens (primary N) is 1. The Balaban J connectivity index is 1.45. The van der Waals surface area contributed by atoms with Crippen LogP contribution in [0.4, 0.5) is 11.6 Å². The summed E-state index contributed by atoms with van der Waals surface area (Å²) in [5.41, 5.74) is 12.4. The normalized spacial score (nSPS) is 11.4. The second-order valence-electron chi connectivity index (χ2n) is 7.92. The van der Waals surface area contributed by atoms with E-state index in [0.717, 1.165) is 21.6 Å². The van der Waals surface area contributed by atoms with Gasteiger partial charge in [-0.25, -0.2) is 15.0 Å². The van der Waals surface area contributed by atoms with Crippen LogP contribution in [0.1, 0.15) is 5.69 Å². The van der Waals surface area contributed by atoms with Crippen LogP contribution < -0.4 is 11.1 Å². The quantitative estimate of drug-likeness (QED) is 0.307. The van der Waals surface area contributed by atoms with Gasteiger partial charge < -0.3 is 15.8 Å². The van der Waals surface area contributed by atoms with Crippen LogP contribution in [0.2, 0.25) is 5.02 Å². The van der Waals surface area contributed by atoms with Crippen molar-refractivity contribution >= 4 is 44.8 Å². The maximum absolute atomic E-state index is 6.54. The van der Waals surface area contributed by atoms with Gasteiger partial charge in [-0.2, -0.15) is 10.2 Å². The summed E-state index contributed by atoms with van der Waals surface area (Å²) in [6, 6.07) is 7.71. The van der Waals surface area contributed by atoms with Crippen molar-refractivity contribution in [3.05, 3.63) is 52.9 Å². The molecule has 0 saturated heterocycles. The molecule has 3 N–H and O–H groups in total. The molecule has 5 aromatic rings. The summed E-state index contributed by atoms with van der Waals surface area (Å²) in [7, 11) is 3.53. The first-order chi connectivity index (χ1) is 17.0. The fourth-order valence-corrected chi connectivity index (χ4v) is 4.79. The number of thiazole rings is 1. The maximum Gasteiger partial charge on any atom is 0.147 e. The van der Waals surface area contributed by atoms with Gasteiger partial charge in [0.15, 0.2) is 0 Å². The van der Waals surface area contributed by atoms with Crippen molar-refractivity contribution in [1.82, 2.24) is 34.5 Å². The van der Waals surface area contributed by atoms with Crippen molar-refractivity contribution in [3.63, 3.8) is 0 Å². The molecule has 0 bridgehead atoms. The third kappa shape index (κ3) is 4.97. The van der Waals surface area contributed by atoms with Crippen LogP contribution >= 0.6 is 22.9 Å². The van der Waals surface area contributed by atoms with E-state index in [1.54, 1.807) is 17.3 Å². The van der Waals surface area contributed by atoms with Crippen LogP contribution in [0.15, 0.2) is 42.2 Å². The minimum absolute atomic E-state index is 0.367. The second-order valence-corrected chi connectivity index (χ2v) is 9.21. The number of nitrogens with zero attached hydrogens (tertiary/aromatic N) is 7. The highest BCUT2D eigenvalue weighted by atomic mass is 35.5. The highest BCUT2D eigenvalue weighted by Gasteiger charge is 2.19. The molecule has 0 aliphatic carbocycles. The van der Waals surface area contributed by atoms with Gasteiger partial charge in [0.25, 0.3) is 0 Å². The van der Waals surface area contributed by atoms with Crippen molar-refractivity contribution in [3.8, 4) is 22.6 Å². The molecular weight excluding hydrogens is 486 g/mol. The predicted molar refractivity (Wildman–Crippen MR) is 139 cm³/mol. The lowest BCUT2D eigenvalue weighted by Gasteiger charge is -2.12. The maximum atomic E-state index is 6.54. The first-order valence-corrected chi connectivity index (χ1v) is 12.2. The predicted octanol–water partition coefficient (Wildman–Crippen LogP) is 3.89. The van der Waals surface area contributed by atoms with Crippen molar-refractivity contribution in [2.45, 2.75) is 13.0 Å². The Labute approximate surface area is 210 Å². The Morgan fingerprint density at radius 1 is 1.14 bits per heavy atom. The molecule has 4 aromatic heterocycles. The van der Waals surface area contributed by atoms with Crippen molar-refractivity contribution in [2.24, 2.45) is 7.05 Å². The molecule has 0 aliphatic rings. The summed E-state index contributed by atoms with van der Waals surface area (Å²) in [5, 5.41) is 12.9. The number of aromatic nitrogens is 7. The zero-order valence-corrected chi connectivity index (χ0v) is 20.8. The summed E-state index contributed by atoms with van der Waals surface area (Å²) >= 11 is 8.06. The lowest BCUT2D eigenvalue weighted by atomic mass is 10.1. The molecule has 10 nitrogen and oxygen atoms in total. The van der Waals surface area contributed by atoms with Gasteiger partial charge in [-0.15, -0.1) is 11.3 Å². The molecular formula is C23H24ClN9OS. The first kappa shape index (κ1) is 23.2. The number of aryl methyl sites for hydroxylation is 1. The van der Waals surface area contributed by atoms with E-state index in [1.165, 1.54) is 11.3 Å². The summed E-state index contributed by atoms with van der Waals surface area (Å²) in [6.07, 6.45) is 4.34. The van der Waals surface area contributed by atoms with Gasteiger partial charge in [-0.05, 0) is 18.2 Å². The molecule has 0 fully saturated rings. The molecule has 0 saturated carbocycles. The molecule has 35 heavy (non-hydrogen) atoms. The van der Waals surface area contributed by atoms with E-state index in [9.17, 15) is 0 Å². The smallest absolute Gasteiger partial charge is 0.147 e. The largest absolute Gasteiger partial charge is 0.383 e. The lowest BCUT2D eigenvalue weighted by Crippen LogP contribution is -2.12. The Morgan fingerprint density at radius 3 is 2.83 bits per heavy atom. The average Bonchev–Trinajstić information content (AvgIpc) is 3.59. The second kappa shape index (κ2) is 9.98. The van der Waals surface area contributed by atoms with Crippen LogP contribution in [0.3, 0.4) is 0 Å². The molecule has 0 spiro atoms. The van der Waals surface area contributed by atoms with E-state index < -0.39 is 0 Å². The summed E-state index contributed by atoms with van der Waals surface area (Å²) in [4.78, 5) is 14.0. The fourth-order valence-electron chi connectivity index (χ4n) is 3.72. The lowest BCUT2D eigenvalue weighted by molar-refractivity contribution is 0.183. The zero-order chi connectivity index (χ0) is 24.4. The van der Waals surface area contributed by atoms with Gasteiger partial charge >= 0.3 is 0 Å². The standard InChI is InChI=1S/C23H24ClN9OS/c1-32-7-4-16(30-32)22-20(14-11-15(24)21-18(12-14)35-13-27-21)28-17(23(25)29-22)3-6-26-19-5-8-33(31-19)9-10-34-2/h4-5,7-8,11-13H,3,6,9-10H2,1-2H3,(H2,25,29)(H,26,31). The van der Waals surface area contributed by atoms with E-state index in [-0.39, 0.29) is 0 Å².